The van der Waals surface area contributed by atoms with Crippen molar-refractivity contribution < 1.29 is 0 Å². The summed E-state index contributed by atoms with van der Waals surface area (Å²) >= 11 is 5.84. The third-order valence-electron chi connectivity index (χ3n) is 3.17. The minimum Gasteiger partial charge on any atom is -0.305 e. The van der Waals surface area contributed by atoms with Crippen molar-refractivity contribution in [3.05, 3.63) is 34.6 Å². The number of likely N-dealkylation sites (N-methyl/N-ethyl adjacent to an activating group) is 1. The molecule has 1 aromatic heterocycles. The standard InChI is InChI=1S/C14H19ClN2.ClH/c1-17(2)10-12-5-3-4-6-13(12)11-7-8-14(15)16-9-11;/h7-9H,3-6,10H2,1-2H3;1H. The van der Waals surface area contributed by atoms with Gasteiger partial charge in [-0.1, -0.05) is 23.2 Å². The van der Waals surface area contributed by atoms with Crippen LogP contribution in [0.15, 0.2) is 23.9 Å². The largest absolute Gasteiger partial charge is 0.305 e. The maximum atomic E-state index is 5.84. The Bertz CT molecular complexity index is 410. The fourth-order valence-electron chi connectivity index (χ4n) is 2.43. The SMILES string of the molecule is CN(C)CC1=C(c2ccc(Cl)nc2)CCCC1.Cl. The molecular weight excluding hydrogens is 267 g/mol. The van der Waals surface area contributed by atoms with Gasteiger partial charge < -0.3 is 4.90 Å². The molecule has 0 spiro atoms. The van der Waals surface area contributed by atoms with Crippen LogP contribution < -0.4 is 0 Å². The van der Waals surface area contributed by atoms with Gasteiger partial charge in [0.15, 0.2) is 0 Å². The molecule has 0 bridgehead atoms. The van der Waals surface area contributed by atoms with Crippen molar-refractivity contribution in [3.63, 3.8) is 0 Å². The van der Waals surface area contributed by atoms with Crippen molar-refractivity contribution in [1.82, 2.24) is 9.88 Å². The fraction of sp³-hybridized carbons (Fsp3) is 0.500. The van der Waals surface area contributed by atoms with Crippen LogP contribution in [0.1, 0.15) is 31.2 Å². The lowest BCUT2D eigenvalue weighted by Crippen LogP contribution is -2.17. The van der Waals surface area contributed by atoms with Crippen LogP contribution in [0, 0.1) is 0 Å². The highest BCUT2D eigenvalue weighted by Gasteiger charge is 2.15. The van der Waals surface area contributed by atoms with Crippen LogP contribution >= 0.6 is 24.0 Å². The van der Waals surface area contributed by atoms with Crippen molar-refractivity contribution in [1.29, 1.82) is 0 Å². The summed E-state index contributed by atoms with van der Waals surface area (Å²) in [7, 11) is 4.25. The highest BCUT2D eigenvalue weighted by Crippen LogP contribution is 2.32. The molecule has 0 fully saturated rings. The zero-order valence-electron chi connectivity index (χ0n) is 10.9. The van der Waals surface area contributed by atoms with E-state index in [9.17, 15) is 0 Å². The molecule has 4 heteroatoms. The lowest BCUT2D eigenvalue weighted by molar-refractivity contribution is 0.434. The van der Waals surface area contributed by atoms with Crippen molar-refractivity contribution in [3.8, 4) is 0 Å². The molecule has 1 heterocycles. The van der Waals surface area contributed by atoms with E-state index in [1.807, 2.05) is 12.3 Å². The number of nitrogens with zero attached hydrogens (tertiary/aromatic N) is 2. The molecule has 0 radical (unpaired) electrons. The average Bonchev–Trinajstić information content (AvgIpc) is 2.30. The van der Waals surface area contributed by atoms with Gasteiger partial charge in [0.25, 0.3) is 0 Å². The topological polar surface area (TPSA) is 16.1 Å². The number of hydrogen-bond donors (Lipinski definition) is 0. The van der Waals surface area contributed by atoms with Gasteiger partial charge in [-0.2, -0.15) is 0 Å². The molecule has 1 aromatic rings. The second-order valence-electron chi connectivity index (χ2n) is 4.90. The highest BCUT2D eigenvalue weighted by atomic mass is 35.5. The van der Waals surface area contributed by atoms with Crippen molar-refractivity contribution in [2.24, 2.45) is 0 Å². The third kappa shape index (κ3) is 3.98. The molecule has 0 aromatic carbocycles. The molecule has 1 aliphatic rings. The molecule has 2 nitrogen and oxygen atoms in total. The second kappa shape index (κ2) is 7.13. The summed E-state index contributed by atoms with van der Waals surface area (Å²) in [5, 5.41) is 0.569. The minimum atomic E-state index is 0. The van der Waals surface area contributed by atoms with Gasteiger partial charge in [-0.3, -0.25) is 0 Å². The number of pyridine rings is 1. The number of hydrogen-bond acceptors (Lipinski definition) is 2. The van der Waals surface area contributed by atoms with Crippen LogP contribution in [0.3, 0.4) is 0 Å². The Balaban J connectivity index is 0.00000162. The first-order chi connectivity index (χ1) is 8.16. The Morgan fingerprint density at radius 1 is 1.22 bits per heavy atom. The number of aromatic nitrogens is 1. The smallest absolute Gasteiger partial charge is 0.129 e. The van der Waals surface area contributed by atoms with Gasteiger partial charge in [-0.05, 0) is 57.0 Å². The molecule has 0 unspecified atom stereocenters. The van der Waals surface area contributed by atoms with Gasteiger partial charge in [-0.15, -0.1) is 12.4 Å². The van der Waals surface area contributed by atoms with E-state index < -0.39 is 0 Å². The molecule has 100 valence electrons. The number of allylic oxidation sites excluding steroid dienone is 1. The van der Waals surface area contributed by atoms with E-state index >= 15 is 0 Å². The van der Waals surface area contributed by atoms with E-state index in [4.69, 9.17) is 11.6 Å². The predicted octanol–water partition coefficient (Wildman–Crippen LogP) is 4.05. The minimum absolute atomic E-state index is 0. The molecule has 0 atom stereocenters. The van der Waals surface area contributed by atoms with E-state index in [0.29, 0.717) is 5.15 Å². The highest BCUT2D eigenvalue weighted by molar-refractivity contribution is 6.29. The van der Waals surface area contributed by atoms with Crippen LogP contribution in [0.4, 0.5) is 0 Å². The molecule has 0 N–H and O–H groups in total. The Kier molecular flexibility index (Phi) is 6.13. The Morgan fingerprint density at radius 2 is 1.94 bits per heavy atom. The number of rotatable bonds is 3. The lowest BCUT2D eigenvalue weighted by atomic mass is 9.88. The number of halogens is 2. The molecule has 1 aliphatic carbocycles. The lowest BCUT2D eigenvalue weighted by Gasteiger charge is -2.23. The van der Waals surface area contributed by atoms with Crippen LogP contribution in [0.2, 0.25) is 5.15 Å². The second-order valence-corrected chi connectivity index (χ2v) is 5.28. The van der Waals surface area contributed by atoms with E-state index in [2.05, 4.69) is 30.0 Å². The van der Waals surface area contributed by atoms with Gasteiger partial charge in [0.1, 0.15) is 5.15 Å². The molecule has 0 amide bonds. The third-order valence-corrected chi connectivity index (χ3v) is 3.39. The van der Waals surface area contributed by atoms with Crippen molar-refractivity contribution in [2.75, 3.05) is 20.6 Å². The van der Waals surface area contributed by atoms with E-state index in [-0.39, 0.29) is 12.4 Å². The summed E-state index contributed by atoms with van der Waals surface area (Å²) < 4.78 is 0. The average molecular weight is 287 g/mol. The molecule has 2 rings (SSSR count). The van der Waals surface area contributed by atoms with E-state index in [1.165, 1.54) is 36.8 Å². The van der Waals surface area contributed by atoms with Crippen LogP contribution in [-0.2, 0) is 0 Å². The molecule has 18 heavy (non-hydrogen) atoms. The molecule has 0 saturated carbocycles. The van der Waals surface area contributed by atoms with Gasteiger partial charge in [0, 0.05) is 12.7 Å². The first kappa shape index (κ1) is 15.5. The predicted molar refractivity (Wildman–Crippen MR) is 80.4 cm³/mol. The Hall–Kier alpha value is -0.570. The quantitative estimate of drug-likeness (QED) is 0.780. The zero-order chi connectivity index (χ0) is 12.3. The monoisotopic (exact) mass is 286 g/mol. The summed E-state index contributed by atoms with van der Waals surface area (Å²) in [6, 6.07) is 3.97. The van der Waals surface area contributed by atoms with Crippen LogP contribution in [-0.4, -0.2) is 30.5 Å². The first-order valence-corrected chi connectivity index (χ1v) is 6.52. The van der Waals surface area contributed by atoms with Gasteiger partial charge in [-0.25, -0.2) is 4.98 Å². The van der Waals surface area contributed by atoms with Gasteiger partial charge >= 0.3 is 0 Å². The van der Waals surface area contributed by atoms with Crippen molar-refractivity contribution in [2.45, 2.75) is 25.7 Å². The van der Waals surface area contributed by atoms with Crippen LogP contribution in [0.25, 0.3) is 5.57 Å². The zero-order valence-corrected chi connectivity index (χ0v) is 12.5. The van der Waals surface area contributed by atoms with Crippen molar-refractivity contribution >= 4 is 29.6 Å². The van der Waals surface area contributed by atoms with E-state index in [1.54, 1.807) is 5.57 Å². The summed E-state index contributed by atoms with van der Waals surface area (Å²) in [5.41, 5.74) is 4.28. The summed E-state index contributed by atoms with van der Waals surface area (Å²) in [6.07, 6.45) is 6.89. The summed E-state index contributed by atoms with van der Waals surface area (Å²) in [5.74, 6) is 0. The Morgan fingerprint density at radius 3 is 2.56 bits per heavy atom. The first-order valence-electron chi connectivity index (χ1n) is 6.14. The van der Waals surface area contributed by atoms with E-state index in [0.717, 1.165) is 6.54 Å². The summed E-state index contributed by atoms with van der Waals surface area (Å²) in [4.78, 5) is 6.43. The maximum absolute atomic E-state index is 5.84. The normalized spacial score (nSPS) is 15.8. The molecular formula is C14H20Cl2N2. The molecule has 0 saturated heterocycles. The van der Waals surface area contributed by atoms with Gasteiger partial charge in [0.05, 0.1) is 0 Å². The Labute approximate surface area is 120 Å². The summed E-state index contributed by atoms with van der Waals surface area (Å²) in [6.45, 7) is 1.05. The van der Waals surface area contributed by atoms with Gasteiger partial charge in [0.2, 0.25) is 0 Å². The van der Waals surface area contributed by atoms with Crippen LogP contribution in [0.5, 0.6) is 0 Å². The fourth-order valence-corrected chi connectivity index (χ4v) is 2.54. The molecule has 0 aliphatic heterocycles. The maximum Gasteiger partial charge on any atom is 0.129 e.